The first-order valence-corrected chi connectivity index (χ1v) is 9.90. The molecule has 8 heteroatoms. The SMILES string of the molecule is Cc1cc(C(=O)N2CCCC2C(=O)N2CCC(C(C)N)CC2)ccc1[N+](=O)[O-]. The van der Waals surface area contributed by atoms with Crippen molar-refractivity contribution < 1.29 is 14.5 Å². The van der Waals surface area contributed by atoms with Gasteiger partial charge < -0.3 is 15.5 Å². The molecule has 0 aromatic heterocycles. The molecule has 8 nitrogen and oxygen atoms in total. The van der Waals surface area contributed by atoms with Gasteiger partial charge >= 0.3 is 0 Å². The van der Waals surface area contributed by atoms with E-state index in [0.717, 1.165) is 19.3 Å². The maximum Gasteiger partial charge on any atom is 0.272 e. The Hall–Kier alpha value is -2.48. The lowest BCUT2D eigenvalue weighted by Crippen LogP contribution is -2.51. The fourth-order valence-corrected chi connectivity index (χ4v) is 4.28. The van der Waals surface area contributed by atoms with E-state index in [0.29, 0.717) is 43.1 Å². The van der Waals surface area contributed by atoms with Crippen LogP contribution in [0.3, 0.4) is 0 Å². The third-order valence-corrected chi connectivity index (χ3v) is 6.03. The number of piperidine rings is 1. The van der Waals surface area contributed by atoms with Crippen molar-refractivity contribution in [2.24, 2.45) is 11.7 Å². The topological polar surface area (TPSA) is 110 Å². The molecule has 3 rings (SSSR count). The van der Waals surface area contributed by atoms with Gasteiger partial charge in [-0.3, -0.25) is 19.7 Å². The molecule has 0 spiro atoms. The first kappa shape index (κ1) is 20.3. The van der Waals surface area contributed by atoms with Crippen molar-refractivity contribution in [2.75, 3.05) is 19.6 Å². The molecule has 28 heavy (non-hydrogen) atoms. The number of hydrogen-bond donors (Lipinski definition) is 1. The van der Waals surface area contributed by atoms with Crippen molar-refractivity contribution in [3.63, 3.8) is 0 Å². The van der Waals surface area contributed by atoms with Crippen LogP contribution in [0.2, 0.25) is 0 Å². The Kier molecular flexibility index (Phi) is 5.98. The Labute approximate surface area is 164 Å². The first-order valence-electron chi connectivity index (χ1n) is 9.90. The molecule has 2 aliphatic rings. The van der Waals surface area contributed by atoms with Crippen molar-refractivity contribution in [1.82, 2.24) is 9.80 Å². The smallest absolute Gasteiger partial charge is 0.272 e. The molecule has 0 radical (unpaired) electrons. The number of nitro groups is 1. The fourth-order valence-electron chi connectivity index (χ4n) is 4.28. The van der Waals surface area contributed by atoms with Gasteiger partial charge in [-0.1, -0.05) is 0 Å². The molecule has 2 unspecified atom stereocenters. The predicted molar refractivity (Wildman–Crippen MR) is 105 cm³/mol. The minimum Gasteiger partial charge on any atom is -0.341 e. The molecule has 2 N–H and O–H groups in total. The second-order valence-corrected chi connectivity index (χ2v) is 7.94. The van der Waals surface area contributed by atoms with Gasteiger partial charge in [0, 0.05) is 42.9 Å². The molecule has 152 valence electrons. The number of nitrogens with zero attached hydrogens (tertiary/aromatic N) is 3. The summed E-state index contributed by atoms with van der Waals surface area (Å²) in [5, 5.41) is 11.0. The summed E-state index contributed by atoms with van der Waals surface area (Å²) in [5.74, 6) is 0.209. The van der Waals surface area contributed by atoms with Crippen LogP contribution in [0.1, 0.15) is 48.5 Å². The van der Waals surface area contributed by atoms with Gasteiger partial charge in [0.25, 0.3) is 11.6 Å². The van der Waals surface area contributed by atoms with Crippen molar-refractivity contribution >= 4 is 17.5 Å². The van der Waals surface area contributed by atoms with Gasteiger partial charge in [-0.15, -0.1) is 0 Å². The van der Waals surface area contributed by atoms with Gasteiger partial charge in [-0.25, -0.2) is 0 Å². The quantitative estimate of drug-likeness (QED) is 0.627. The van der Waals surface area contributed by atoms with Gasteiger partial charge in [-0.2, -0.15) is 0 Å². The molecule has 1 aromatic rings. The zero-order chi connectivity index (χ0) is 20.4. The van der Waals surface area contributed by atoms with Crippen molar-refractivity contribution in [3.05, 3.63) is 39.4 Å². The van der Waals surface area contributed by atoms with Crippen molar-refractivity contribution in [3.8, 4) is 0 Å². The van der Waals surface area contributed by atoms with Crippen LogP contribution in [0, 0.1) is 23.0 Å². The number of benzene rings is 1. The Morgan fingerprint density at radius 3 is 2.46 bits per heavy atom. The highest BCUT2D eigenvalue weighted by Crippen LogP contribution is 2.27. The highest BCUT2D eigenvalue weighted by molar-refractivity contribution is 5.98. The molecular formula is C20H28N4O4. The van der Waals surface area contributed by atoms with Crippen molar-refractivity contribution in [2.45, 2.75) is 51.6 Å². The number of carbonyl (C=O) groups is 2. The van der Waals surface area contributed by atoms with Crippen LogP contribution in [0.15, 0.2) is 18.2 Å². The molecule has 0 bridgehead atoms. The van der Waals surface area contributed by atoms with Crippen LogP contribution in [0.25, 0.3) is 0 Å². The zero-order valence-corrected chi connectivity index (χ0v) is 16.5. The summed E-state index contributed by atoms with van der Waals surface area (Å²) in [4.78, 5) is 40.0. The van der Waals surface area contributed by atoms with E-state index in [2.05, 4.69) is 0 Å². The zero-order valence-electron chi connectivity index (χ0n) is 16.5. The van der Waals surface area contributed by atoms with E-state index in [1.165, 1.54) is 18.2 Å². The number of amides is 2. The van der Waals surface area contributed by atoms with E-state index in [1.807, 2.05) is 11.8 Å². The molecule has 2 heterocycles. The van der Waals surface area contributed by atoms with Crippen LogP contribution in [0.4, 0.5) is 5.69 Å². The summed E-state index contributed by atoms with van der Waals surface area (Å²) in [7, 11) is 0. The standard InChI is InChI=1S/C20H28N4O4/c1-13-12-16(5-6-17(13)24(27)28)19(25)23-9-3-4-18(23)20(26)22-10-7-15(8-11-22)14(2)21/h5-6,12,14-15,18H,3-4,7-11,21H2,1-2H3. The second kappa shape index (κ2) is 8.26. The third-order valence-electron chi connectivity index (χ3n) is 6.03. The average Bonchev–Trinajstić information content (AvgIpc) is 3.16. The minimum atomic E-state index is -0.461. The van der Waals surface area contributed by atoms with Gasteiger partial charge in [0.1, 0.15) is 6.04 Å². The van der Waals surface area contributed by atoms with Crippen LogP contribution >= 0.6 is 0 Å². The number of hydrogen-bond acceptors (Lipinski definition) is 5. The van der Waals surface area contributed by atoms with Crippen LogP contribution < -0.4 is 5.73 Å². The van der Waals surface area contributed by atoms with E-state index in [-0.39, 0.29) is 23.5 Å². The first-order chi connectivity index (χ1) is 13.3. The van der Waals surface area contributed by atoms with E-state index in [4.69, 9.17) is 5.73 Å². The largest absolute Gasteiger partial charge is 0.341 e. The Morgan fingerprint density at radius 2 is 1.89 bits per heavy atom. The summed E-state index contributed by atoms with van der Waals surface area (Å²) in [6.45, 7) is 5.51. The third kappa shape index (κ3) is 4.01. The van der Waals surface area contributed by atoms with Gasteiger partial charge in [0.2, 0.25) is 5.91 Å². The fraction of sp³-hybridized carbons (Fsp3) is 0.600. The Morgan fingerprint density at radius 1 is 1.21 bits per heavy atom. The highest BCUT2D eigenvalue weighted by Gasteiger charge is 2.38. The Bertz CT molecular complexity index is 771. The summed E-state index contributed by atoms with van der Waals surface area (Å²) >= 11 is 0. The molecule has 2 amide bonds. The van der Waals surface area contributed by atoms with Gasteiger partial charge in [0.15, 0.2) is 0 Å². The van der Waals surface area contributed by atoms with Gasteiger partial charge in [-0.05, 0) is 57.6 Å². The number of nitro benzene ring substituents is 1. The summed E-state index contributed by atoms with van der Waals surface area (Å²) in [5.41, 5.74) is 6.80. The molecule has 2 fully saturated rings. The minimum absolute atomic E-state index is 0.00704. The predicted octanol–water partition coefficient (Wildman–Crippen LogP) is 2.09. The lowest BCUT2D eigenvalue weighted by molar-refractivity contribution is -0.385. The molecule has 1 aromatic carbocycles. The summed E-state index contributed by atoms with van der Waals surface area (Å²) < 4.78 is 0. The highest BCUT2D eigenvalue weighted by atomic mass is 16.6. The molecule has 0 aliphatic carbocycles. The van der Waals surface area contributed by atoms with Crippen LogP contribution in [-0.2, 0) is 4.79 Å². The number of likely N-dealkylation sites (tertiary alicyclic amines) is 2. The summed E-state index contributed by atoms with van der Waals surface area (Å²) in [6.07, 6.45) is 3.23. The van der Waals surface area contributed by atoms with E-state index < -0.39 is 11.0 Å². The molecular weight excluding hydrogens is 360 g/mol. The Balaban J connectivity index is 1.70. The maximum atomic E-state index is 13.0. The number of carbonyl (C=O) groups excluding carboxylic acids is 2. The monoisotopic (exact) mass is 388 g/mol. The molecule has 2 atom stereocenters. The lowest BCUT2D eigenvalue weighted by atomic mass is 9.90. The average molecular weight is 388 g/mol. The van der Waals surface area contributed by atoms with Crippen LogP contribution in [-0.4, -0.2) is 58.3 Å². The van der Waals surface area contributed by atoms with Crippen molar-refractivity contribution in [1.29, 1.82) is 0 Å². The molecule has 2 saturated heterocycles. The lowest BCUT2D eigenvalue weighted by Gasteiger charge is -2.36. The van der Waals surface area contributed by atoms with E-state index in [9.17, 15) is 19.7 Å². The number of rotatable bonds is 4. The molecule has 0 saturated carbocycles. The summed E-state index contributed by atoms with van der Waals surface area (Å²) in [6, 6.07) is 4.05. The molecule has 2 aliphatic heterocycles. The number of nitrogens with two attached hydrogens (primary N) is 1. The number of aryl methyl sites for hydroxylation is 1. The second-order valence-electron chi connectivity index (χ2n) is 7.94. The van der Waals surface area contributed by atoms with E-state index >= 15 is 0 Å². The van der Waals surface area contributed by atoms with E-state index in [1.54, 1.807) is 11.8 Å². The normalized spacial score (nSPS) is 21.6. The van der Waals surface area contributed by atoms with Gasteiger partial charge in [0.05, 0.1) is 4.92 Å². The maximum absolute atomic E-state index is 13.0. The van der Waals surface area contributed by atoms with Crippen LogP contribution in [0.5, 0.6) is 0 Å².